The van der Waals surface area contributed by atoms with Crippen molar-refractivity contribution in [2.45, 2.75) is 45.1 Å². The van der Waals surface area contributed by atoms with E-state index in [2.05, 4.69) is 5.32 Å². The van der Waals surface area contributed by atoms with Gasteiger partial charge >= 0.3 is 12.2 Å². The van der Waals surface area contributed by atoms with Crippen molar-refractivity contribution in [3.63, 3.8) is 0 Å². The second-order valence-electron chi connectivity index (χ2n) is 9.01. The van der Waals surface area contributed by atoms with E-state index in [0.29, 0.717) is 63.2 Å². The van der Waals surface area contributed by atoms with E-state index in [1.54, 1.807) is 24.0 Å². The predicted molar refractivity (Wildman–Crippen MR) is 132 cm³/mol. The van der Waals surface area contributed by atoms with Gasteiger partial charge in [-0.1, -0.05) is 31.5 Å². The van der Waals surface area contributed by atoms with Crippen molar-refractivity contribution in [1.82, 2.24) is 10.2 Å². The van der Waals surface area contributed by atoms with Crippen molar-refractivity contribution >= 4 is 40.8 Å². The molecule has 2 saturated heterocycles. The summed E-state index contributed by atoms with van der Waals surface area (Å²) >= 11 is 5.54. The summed E-state index contributed by atoms with van der Waals surface area (Å²) in [4.78, 5) is 30.2. The molecular weight excluding hydrogens is 459 g/mol. The van der Waals surface area contributed by atoms with Gasteiger partial charge in [0.15, 0.2) is 0 Å². The van der Waals surface area contributed by atoms with E-state index >= 15 is 0 Å². The first-order valence-corrected chi connectivity index (χ1v) is 12.6. The maximum Gasteiger partial charge on any atom is 0.414 e. The van der Waals surface area contributed by atoms with E-state index in [1.807, 2.05) is 4.90 Å². The van der Waals surface area contributed by atoms with Gasteiger partial charge in [-0.15, -0.1) is 0 Å². The SMILES string of the molecule is CCOC(=O)N1CCN(c2ccc(N3C[C@H](CNC(=S)C4CCCCC4)OC3=O)cc2F)CC1. The number of hydrogen-bond donors (Lipinski definition) is 1. The first kappa shape index (κ1) is 24.5. The zero-order valence-corrected chi connectivity index (χ0v) is 20.4. The van der Waals surface area contributed by atoms with Crippen LogP contribution in [0, 0.1) is 11.7 Å². The fraction of sp³-hybridized carbons (Fsp3) is 0.625. The lowest BCUT2D eigenvalue weighted by Gasteiger charge is -2.35. The van der Waals surface area contributed by atoms with Crippen LogP contribution < -0.4 is 15.1 Å². The highest BCUT2D eigenvalue weighted by Gasteiger charge is 2.33. The second kappa shape index (κ2) is 11.2. The number of hydrogen-bond acceptors (Lipinski definition) is 6. The molecular formula is C24H33FN4O4S. The van der Waals surface area contributed by atoms with Crippen molar-refractivity contribution in [2.24, 2.45) is 5.92 Å². The molecule has 2 amide bonds. The summed E-state index contributed by atoms with van der Waals surface area (Å²) in [6.45, 7) is 4.86. The lowest BCUT2D eigenvalue weighted by Crippen LogP contribution is -2.49. The van der Waals surface area contributed by atoms with Crippen LogP contribution in [-0.4, -0.2) is 74.1 Å². The lowest BCUT2D eigenvalue weighted by atomic mass is 9.89. The van der Waals surface area contributed by atoms with E-state index < -0.39 is 11.9 Å². The zero-order valence-electron chi connectivity index (χ0n) is 19.6. The average Bonchev–Trinajstić information content (AvgIpc) is 3.23. The molecule has 4 rings (SSSR count). The van der Waals surface area contributed by atoms with Gasteiger partial charge in [0.1, 0.15) is 11.9 Å². The van der Waals surface area contributed by atoms with Crippen molar-refractivity contribution < 1.29 is 23.5 Å². The van der Waals surface area contributed by atoms with Crippen LogP contribution in [0.3, 0.4) is 0 Å². The summed E-state index contributed by atoms with van der Waals surface area (Å²) in [6.07, 6.45) is 4.76. The summed E-state index contributed by atoms with van der Waals surface area (Å²) in [5, 5.41) is 3.28. The van der Waals surface area contributed by atoms with E-state index in [4.69, 9.17) is 21.7 Å². The highest BCUT2D eigenvalue weighted by atomic mass is 32.1. The van der Waals surface area contributed by atoms with Crippen molar-refractivity contribution in [3.05, 3.63) is 24.0 Å². The molecule has 1 aliphatic carbocycles. The van der Waals surface area contributed by atoms with Gasteiger partial charge in [-0.05, 0) is 38.0 Å². The summed E-state index contributed by atoms with van der Waals surface area (Å²) in [5.41, 5.74) is 0.921. The molecule has 10 heteroatoms. The number of carbonyl (C=O) groups is 2. The Labute approximate surface area is 205 Å². The van der Waals surface area contributed by atoms with E-state index in [-0.39, 0.29) is 12.2 Å². The topological polar surface area (TPSA) is 74.3 Å². The maximum atomic E-state index is 15.0. The summed E-state index contributed by atoms with van der Waals surface area (Å²) in [7, 11) is 0. The Morgan fingerprint density at radius 1 is 1.21 bits per heavy atom. The maximum absolute atomic E-state index is 15.0. The highest BCUT2D eigenvalue weighted by molar-refractivity contribution is 7.80. The molecule has 2 heterocycles. The number of nitrogens with one attached hydrogen (secondary N) is 1. The molecule has 0 aromatic heterocycles. The molecule has 1 aromatic carbocycles. The number of nitrogens with zero attached hydrogens (tertiary/aromatic N) is 3. The third-order valence-electron chi connectivity index (χ3n) is 6.74. The normalized spacial score (nSPS) is 21.4. The average molecular weight is 493 g/mol. The van der Waals surface area contributed by atoms with Gasteiger partial charge in [0, 0.05) is 32.1 Å². The van der Waals surface area contributed by atoms with Crippen LogP contribution in [-0.2, 0) is 9.47 Å². The zero-order chi connectivity index (χ0) is 24.1. The van der Waals surface area contributed by atoms with Crippen LogP contribution >= 0.6 is 12.2 Å². The minimum Gasteiger partial charge on any atom is -0.450 e. The molecule has 1 saturated carbocycles. The third kappa shape index (κ3) is 5.71. The standard InChI is InChI=1S/C24H33FN4O4S/c1-2-32-23(30)28-12-10-27(11-13-28)21-9-8-18(14-20(21)25)29-16-19(33-24(29)31)15-26-22(34)17-6-4-3-5-7-17/h8-9,14,17,19H,2-7,10-13,15-16H2,1H3,(H,26,34)/t19-/m0/s1. The van der Waals surface area contributed by atoms with Gasteiger partial charge in [-0.3, -0.25) is 4.90 Å². The summed E-state index contributed by atoms with van der Waals surface area (Å²) < 4.78 is 25.5. The molecule has 2 aliphatic heterocycles. The van der Waals surface area contributed by atoms with Crippen molar-refractivity contribution in [1.29, 1.82) is 0 Å². The minimum absolute atomic E-state index is 0.332. The number of ether oxygens (including phenoxy) is 2. The molecule has 186 valence electrons. The van der Waals surface area contributed by atoms with Gasteiger partial charge in [0.25, 0.3) is 0 Å². The number of benzene rings is 1. The molecule has 34 heavy (non-hydrogen) atoms. The fourth-order valence-corrected chi connectivity index (χ4v) is 5.15. The van der Waals surface area contributed by atoms with Crippen LogP contribution in [0.1, 0.15) is 39.0 Å². The van der Waals surface area contributed by atoms with Gasteiger partial charge < -0.3 is 24.6 Å². The number of rotatable bonds is 6. The highest BCUT2D eigenvalue weighted by Crippen LogP contribution is 2.29. The molecule has 0 radical (unpaired) electrons. The van der Waals surface area contributed by atoms with Crippen LogP contribution in [0.5, 0.6) is 0 Å². The largest absolute Gasteiger partial charge is 0.450 e. The van der Waals surface area contributed by atoms with E-state index in [9.17, 15) is 14.0 Å². The number of piperazine rings is 1. The fourth-order valence-electron chi connectivity index (χ4n) is 4.83. The quantitative estimate of drug-likeness (QED) is 0.603. The molecule has 3 aliphatic rings. The number of thiocarbonyl (C=S) groups is 1. The first-order valence-electron chi connectivity index (χ1n) is 12.2. The number of anilines is 2. The van der Waals surface area contributed by atoms with Crippen molar-refractivity contribution in [2.75, 3.05) is 55.7 Å². The minimum atomic E-state index is -0.481. The number of halogens is 1. The molecule has 3 fully saturated rings. The van der Waals surface area contributed by atoms with E-state index in [1.165, 1.54) is 30.2 Å². The predicted octanol–water partition coefficient (Wildman–Crippen LogP) is 3.93. The molecule has 0 bridgehead atoms. The Bertz CT molecular complexity index is 903. The Kier molecular flexibility index (Phi) is 8.07. The van der Waals surface area contributed by atoms with Crippen LogP contribution in [0.25, 0.3) is 0 Å². The Morgan fingerprint density at radius 2 is 1.94 bits per heavy atom. The van der Waals surface area contributed by atoms with Gasteiger partial charge in [-0.2, -0.15) is 0 Å². The monoisotopic (exact) mass is 492 g/mol. The molecule has 1 aromatic rings. The van der Waals surface area contributed by atoms with Crippen LogP contribution in [0.2, 0.25) is 0 Å². The Balaban J connectivity index is 1.30. The second-order valence-corrected chi connectivity index (χ2v) is 9.45. The molecule has 8 nitrogen and oxygen atoms in total. The molecule has 0 spiro atoms. The van der Waals surface area contributed by atoms with Crippen LogP contribution in [0.4, 0.5) is 25.4 Å². The Hall–Kier alpha value is -2.62. The van der Waals surface area contributed by atoms with E-state index in [0.717, 1.165) is 17.8 Å². The van der Waals surface area contributed by atoms with Gasteiger partial charge in [-0.25, -0.2) is 14.0 Å². The third-order valence-corrected chi connectivity index (χ3v) is 7.22. The Morgan fingerprint density at radius 3 is 2.62 bits per heavy atom. The smallest absolute Gasteiger partial charge is 0.414 e. The van der Waals surface area contributed by atoms with Crippen LogP contribution in [0.15, 0.2) is 18.2 Å². The summed E-state index contributed by atoms with van der Waals surface area (Å²) in [5.74, 6) is 0.00712. The van der Waals surface area contributed by atoms with Gasteiger partial charge in [0.2, 0.25) is 0 Å². The molecule has 0 unspecified atom stereocenters. The summed E-state index contributed by atoms with van der Waals surface area (Å²) in [6, 6.07) is 4.79. The number of carbonyl (C=O) groups excluding carboxylic acids is 2. The number of amides is 2. The van der Waals surface area contributed by atoms with Crippen molar-refractivity contribution in [3.8, 4) is 0 Å². The molecule has 1 atom stereocenters. The first-order chi connectivity index (χ1) is 16.5. The lowest BCUT2D eigenvalue weighted by molar-refractivity contribution is 0.105. The number of cyclic esters (lactones) is 1. The van der Waals surface area contributed by atoms with Gasteiger partial charge in [0.05, 0.1) is 36.1 Å². The molecule has 1 N–H and O–H groups in total.